The summed E-state index contributed by atoms with van der Waals surface area (Å²) < 4.78 is 0. The summed E-state index contributed by atoms with van der Waals surface area (Å²) in [6.45, 7) is 1.89. The standard InChI is InChI=1S/C18H20Cl2N4O/c19-12-8-13(20)17(15(25)9-12)14-3-4-16(23-22-14)24-7-1-2-11(10-24)18(21)5-6-18/h3-4,8-9,11,25H,1-2,5-7,10,21H2. The van der Waals surface area contributed by atoms with E-state index in [0.29, 0.717) is 27.2 Å². The van der Waals surface area contributed by atoms with Crippen molar-refractivity contribution in [2.24, 2.45) is 11.7 Å². The number of hydrogen-bond donors (Lipinski definition) is 2. The number of hydrogen-bond acceptors (Lipinski definition) is 5. The van der Waals surface area contributed by atoms with Gasteiger partial charge in [0.25, 0.3) is 0 Å². The van der Waals surface area contributed by atoms with E-state index in [1.807, 2.05) is 12.1 Å². The fraction of sp³-hybridized carbons (Fsp3) is 0.444. The van der Waals surface area contributed by atoms with Gasteiger partial charge in [-0.1, -0.05) is 23.2 Å². The Morgan fingerprint density at radius 2 is 2.00 bits per heavy atom. The fourth-order valence-corrected chi connectivity index (χ4v) is 4.23. The molecule has 0 amide bonds. The highest BCUT2D eigenvalue weighted by Gasteiger charge is 2.46. The summed E-state index contributed by atoms with van der Waals surface area (Å²) in [5.41, 5.74) is 7.39. The SMILES string of the molecule is NC1(C2CCCN(c3ccc(-c4c(O)cc(Cl)cc4Cl)nn3)C2)CC1. The first-order valence-corrected chi connectivity index (χ1v) is 9.28. The van der Waals surface area contributed by atoms with Crippen molar-refractivity contribution in [2.75, 3.05) is 18.0 Å². The van der Waals surface area contributed by atoms with E-state index in [2.05, 4.69) is 15.1 Å². The van der Waals surface area contributed by atoms with Crippen molar-refractivity contribution in [1.82, 2.24) is 10.2 Å². The van der Waals surface area contributed by atoms with Crippen LogP contribution in [-0.4, -0.2) is 33.9 Å². The second-order valence-corrected chi connectivity index (χ2v) is 7.92. The van der Waals surface area contributed by atoms with E-state index in [9.17, 15) is 5.11 Å². The normalized spacial score (nSPS) is 22.0. The summed E-state index contributed by atoms with van der Waals surface area (Å²) in [7, 11) is 0. The Kier molecular flexibility index (Phi) is 4.26. The second kappa shape index (κ2) is 6.31. The molecule has 2 heterocycles. The summed E-state index contributed by atoms with van der Waals surface area (Å²) in [6.07, 6.45) is 4.57. The van der Waals surface area contributed by atoms with Crippen molar-refractivity contribution >= 4 is 29.0 Å². The molecule has 1 saturated carbocycles. The molecule has 25 heavy (non-hydrogen) atoms. The van der Waals surface area contributed by atoms with Crippen LogP contribution < -0.4 is 10.6 Å². The molecule has 5 nitrogen and oxygen atoms in total. The van der Waals surface area contributed by atoms with Crippen molar-refractivity contribution < 1.29 is 5.11 Å². The number of phenolic OH excluding ortho intramolecular Hbond substituents is 1. The molecule has 1 aliphatic heterocycles. The molecule has 1 unspecified atom stereocenters. The number of phenols is 1. The van der Waals surface area contributed by atoms with Crippen LogP contribution in [0.5, 0.6) is 5.75 Å². The smallest absolute Gasteiger partial charge is 0.151 e. The van der Waals surface area contributed by atoms with Crippen molar-refractivity contribution in [1.29, 1.82) is 0 Å². The van der Waals surface area contributed by atoms with Crippen LogP contribution in [0.2, 0.25) is 10.0 Å². The fourth-order valence-electron chi connectivity index (χ4n) is 3.65. The molecule has 1 aliphatic carbocycles. The Morgan fingerprint density at radius 3 is 2.64 bits per heavy atom. The number of rotatable bonds is 3. The Morgan fingerprint density at radius 1 is 1.20 bits per heavy atom. The van der Waals surface area contributed by atoms with Crippen molar-refractivity contribution in [3.8, 4) is 17.0 Å². The molecule has 0 spiro atoms. The van der Waals surface area contributed by atoms with Gasteiger partial charge in [-0.3, -0.25) is 0 Å². The molecule has 1 aromatic heterocycles. The Labute approximate surface area is 156 Å². The number of halogens is 2. The highest BCUT2D eigenvalue weighted by molar-refractivity contribution is 6.36. The predicted octanol–water partition coefficient (Wildman–Crippen LogP) is 3.86. The van der Waals surface area contributed by atoms with Gasteiger partial charge in [0.05, 0.1) is 16.3 Å². The van der Waals surface area contributed by atoms with Gasteiger partial charge >= 0.3 is 0 Å². The van der Waals surface area contributed by atoms with Gasteiger partial charge in [0.1, 0.15) is 5.75 Å². The summed E-state index contributed by atoms with van der Waals surface area (Å²) in [4.78, 5) is 2.25. The number of nitrogens with zero attached hydrogens (tertiary/aromatic N) is 3. The van der Waals surface area contributed by atoms with E-state index in [1.54, 1.807) is 6.07 Å². The number of aromatic hydroxyl groups is 1. The molecule has 2 aromatic rings. The molecule has 2 fully saturated rings. The van der Waals surface area contributed by atoms with Gasteiger partial charge in [0.15, 0.2) is 5.82 Å². The zero-order chi connectivity index (χ0) is 17.6. The van der Waals surface area contributed by atoms with Crippen LogP contribution in [0.25, 0.3) is 11.3 Å². The molecule has 3 N–H and O–H groups in total. The molecular weight excluding hydrogens is 359 g/mol. The minimum atomic E-state index is -0.00334. The van der Waals surface area contributed by atoms with Crippen LogP contribution in [0.3, 0.4) is 0 Å². The number of aromatic nitrogens is 2. The molecule has 132 valence electrons. The predicted molar refractivity (Wildman–Crippen MR) is 100 cm³/mol. The van der Waals surface area contributed by atoms with Crippen molar-refractivity contribution in [3.63, 3.8) is 0 Å². The van der Waals surface area contributed by atoms with Crippen LogP contribution in [0.4, 0.5) is 5.82 Å². The van der Waals surface area contributed by atoms with Gasteiger partial charge in [-0.2, -0.15) is 0 Å². The minimum absolute atomic E-state index is 0.00334. The zero-order valence-electron chi connectivity index (χ0n) is 13.8. The van der Waals surface area contributed by atoms with Gasteiger partial charge in [-0.15, -0.1) is 10.2 Å². The number of anilines is 1. The van der Waals surface area contributed by atoms with Gasteiger partial charge in [-0.25, -0.2) is 0 Å². The van der Waals surface area contributed by atoms with Crippen molar-refractivity contribution in [2.45, 2.75) is 31.2 Å². The molecule has 1 aromatic carbocycles. The van der Waals surface area contributed by atoms with Gasteiger partial charge in [-0.05, 0) is 55.9 Å². The summed E-state index contributed by atoms with van der Waals surface area (Å²) in [5, 5.41) is 19.5. The third kappa shape index (κ3) is 3.28. The summed E-state index contributed by atoms with van der Waals surface area (Å²) >= 11 is 12.1. The first kappa shape index (κ1) is 16.9. The molecule has 1 atom stereocenters. The average Bonchev–Trinajstić information content (AvgIpc) is 3.34. The number of benzene rings is 1. The quantitative estimate of drug-likeness (QED) is 0.847. The molecule has 0 bridgehead atoms. The highest BCUT2D eigenvalue weighted by Crippen LogP contribution is 2.44. The first-order chi connectivity index (χ1) is 12.0. The van der Waals surface area contributed by atoms with E-state index in [4.69, 9.17) is 28.9 Å². The monoisotopic (exact) mass is 378 g/mol. The number of piperidine rings is 1. The van der Waals surface area contributed by atoms with Crippen LogP contribution in [0, 0.1) is 5.92 Å². The molecule has 0 radical (unpaired) electrons. The summed E-state index contributed by atoms with van der Waals surface area (Å²) in [5.74, 6) is 1.36. The highest BCUT2D eigenvalue weighted by atomic mass is 35.5. The van der Waals surface area contributed by atoms with Crippen molar-refractivity contribution in [3.05, 3.63) is 34.3 Å². The maximum atomic E-state index is 10.1. The molecule has 1 saturated heterocycles. The first-order valence-electron chi connectivity index (χ1n) is 8.52. The molecular formula is C18H20Cl2N4O. The topological polar surface area (TPSA) is 75.3 Å². The van der Waals surface area contributed by atoms with Gasteiger partial charge in [0, 0.05) is 23.7 Å². The lowest BCUT2D eigenvalue weighted by Gasteiger charge is -2.36. The van der Waals surface area contributed by atoms with Crippen LogP contribution in [0.15, 0.2) is 24.3 Å². The Balaban J connectivity index is 1.56. The van der Waals surface area contributed by atoms with Gasteiger partial charge < -0.3 is 15.7 Å². The van der Waals surface area contributed by atoms with Gasteiger partial charge in [0.2, 0.25) is 0 Å². The van der Waals surface area contributed by atoms with E-state index in [0.717, 1.165) is 38.2 Å². The maximum Gasteiger partial charge on any atom is 0.151 e. The third-order valence-corrected chi connectivity index (χ3v) is 5.84. The average molecular weight is 379 g/mol. The van der Waals surface area contributed by atoms with E-state index in [-0.39, 0.29) is 11.3 Å². The van der Waals surface area contributed by atoms with Crippen LogP contribution in [-0.2, 0) is 0 Å². The second-order valence-electron chi connectivity index (χ2n) is 7.08. The lowest BCUT2D eigenvalue weighted by atomic mass is 9.89. The van der Waals surface area contributed by atoms with Crippen LogP contribution >= 0.6 is 23.2 Å². The Hall–Kier alpha value is -1.56. The largest absolute Gasteiger partial charge is 0.507 e. The van der Waals surface area contributed by atoms with E-state index in [1.165, 1.54) is 12.5 Å². The zero-order valence-corrected chi connectivity index (χ0v) is 15.3. The Bertz CT molecular complexity index is 769. The maximum absolute atomic E-state index is 10.1. The molecule has 7 heteroatoms. The van der Waals surface area contributed by atoms with E-state index >= 15 is 0 Å². The minimum Gasteiger partial charge on any atom is -0.507 e. The number of nitrogens with two attached hydrogens (primary N) is 1. The molecule has 4 rings (SSSR count). The molecule has 2 aliphatic rings. The lowest BCUT2D eigenvalue weighted by Crippen LogP contribution is -2.45. The van der Waals surface area contributed by atoms with Crippen LogP contribution in [0.1, 0.15) is 25.7 Å². The summed E-state index contributed by atoms with van der Waals surface area (Å²) in [6, 6.07) is 6.78. The lowest BCUT2D eigenvalue weighted by molar-refractivity contribution is 0.334. The third-order valence-electron chi connectivity index (χ3n) is 5.33. The van der Waals surface area contributed by atoms with E-state index < -0.39 is 0 Å².